The number of hydrogen-bond donors (Lipinski definition) is 1. The minimum absolute atomic E-state index is 0. The van der Waals surface area contributed by atoms with E-state index in [-0.39, 0.29) is 30.0 Å². The Bertz CT molecular complexity index is 507. The first kappa shape index (κ1) is 15.4. The van der Waals surface area contributed by atoms with Gasteiger partial charge in [0.25, 0.3) is 11.6 Å². The van der Waals surface area contributed by atoms with E-state index in [0.29, 0.717) is 24.2 Å². The average Bonchev–Trinajstić information content (AvgIpc) is 2.74. The monoisotopic (exact) mass is 285 g/mol. The molecule has 0 aliphatic carbocycles. The lowest BCUT2D eigenvalue weighted by Gasteiger charge is -2.15. The van der Waals surface area contributed by atoms with Crippen molar-refractivity contribution in [2.75, 3.05) is 13.1 Å². The fraction of sp³-hybridized carbons (Fsp3) is 0.417. The van der Waals surface area contributed by atoms with Crippen molar-refractivity contribution in [3.63, 3.8) is 0 Å². The van der Waals surface area contributed by atoms with Crippen LogP contribution in [0.1, 0.15) is 22.3 Å². The van der Waals surface area contributed by atoms with Gasteiger partial charge in [-0.05, 0) is 25.5 Å². The highest BCUT2D eigenvalue weighted by Crippen LogP contribution is 2.20. The Morgan fingerprint density at radius 3 is 2.68 bits per heavy atom. The number of nitrogens with zero attached hydrogens (tertiary/aromatic N) is 2. The Labute approximate surface area is 117 Å². The van der Waals surface area contributed by atoms with Crippen LogP contribution in [0.5, 0.6) is 0 Å². The molecule has 1 aromatic rings. The summed E-state index contributed by atoms with van der Waals surface area (Å²) in [6.07, 6.45) is 0.803. The molecule has 0 bridgehead atoms. The number of halogens is 1. The number of benzene rings is 1. The van der Waals surface area contributed by atoms with Crippen LogP contribution in [0.4, 0.5) is 5.69 Å². The first-order chi connectivity index (χ1) is 8.49. The van der Waals surface area contributed by atoms with Gasteiger partial charge < -0.3 is 10.6 Å². The Kier molecular flexibility index (Phi) is 4.85. The molecule has 1 aliphatic rings. The number of nitro benzene ring substituents is 1. The van der Waals surface area contributed by atoms with E-state index in [1.165, 1.54) is 12.1 Å². The lowest BCUT2D eigenvalue weighted by atomic mass is 10.1. The quantitative estimate of drug-likeness (QED) is 0.658. The van der Waals surface area contributed by atoms with E-state index in [9.17, 15) is 14.9 Å². The summed E-state index contributed by atoms with van der Waals surface area (Å²) >= 11 is 0. The predicted octanol–water partition coefficient (Wildman–Crippen LogP) is 1.50. The second-order valence-corrected chi connectivity index (χ2v) is 4.56. The Morgan fingerprint density at radius 2 is 2.21 bits per heavy atom. The van der Waals surface area contributed by atoms with Crippen molar-refractivity contribution in [1.82, 2.24) is 4.90 Å². The van der Waals surface area contributed by atoms with Crippen LogP contribution in [0, 0.1) is 17.0 Å². The molecule has 1 aliphatic heterocycles. The fourth-order valence-corrected chi connectivity index (χ4v) is 2.15. The van der Waals surface area contributed by atoms with Crippen LogP contribution in [-0.2, 0) is 0 Å². The van der Waals surface area contributed by atoms with Crippen molar-refractivity contribution in [1.29, 1.82) is 0 Å². The normalized spacial score (nSPS) is 18.0. The summed E-state index contributed by atoms with van der Waals surface area (Å²) in [5, 5.41) is 10.7. The third kappa shape index (κ3) is 3.21. The van der Waals surface area contributed by atoms with Gasteiger partial charge in [0, 0.05) is 36.3 Å². The molecular weight excluding hydrogens is 270 g/mol. The van der Waals surface area contributed by atoms with Crippen LogP contribution in [0.2, 0.25) is 0 Å². The van der Waals surface area contributed by atoms with Gasteiger partial charge in [0.15, 0.2) is 0 Å². The van der Waals surface area contributed by atoms with E-state index in [4.69, 9.17) is 5.73 Å². The summed E-state index contributed by atoms with van der Waals surface area (Å²) in [5.41, 5.74) is 6.76. The molecule has 0 unspecified atom stereocenters. The number of amides is 1. The SMILES string of the molecule is Cc1cc(C(=O)N2CC[C@@H](N)C2)ccc1[N+](=O)[O-].Cl. The zero-order valence-corrected chi connectivity index (χ0v) is 11.4. The number of nitrogens with two attached hydrogens (primary N) is 1. The van der Waals surface area contributed by atoms with Crippen LogP contribution < -0.4 is 5.73 Å². The predicted molar refractivity (Wildman–Crippen MR) is 73.6 cm³/mol. The molecule has 0 saturated carbocycles. The van der Waals surface area contributed by atoms with Crippen molar-refractivity contribution in [2.24, 2.45) is 5.73 Å². The molecule has 6 nitrogen and oxygen atoms in total. The zero-order chi connectivity index (χ0) is 13.3. The molecule has 1 saturated heterocycles. The van der Waals surface area contributed by atoms with Gasteiger partial charge >= 0.3 is 0 Å². The lowest BCUT2D eigenvalue weighted by molar-refractivity contribution is -0.385. The van der Waals surface area contributed by atoms with E-state index in [1.807, 2.05) is 0 Å². The average molecular weight is 286 g/mol. The lowest BCUT2D eigenvalue weighted by Crippen LogP contribution is -2.31. The number of nitro groups is 1. The molecule has 2 rings (SSSR count). The molecule has 7 heteroatoms. The summed E-state index contributed by atoms with van der Waals surface area (Å²) in [6.45, 7) is 2.83. The third-order valence-corrected chi connectivity index (χ3v) is 3.15. The molecule has 1 aromatic carbocycles. The molecule has 1 atom stereocenters. The first-order valence-corrected chi connectivity index (χ1v) is 5.79. The van der Waals surface area contributed by atoms with Crippen molar-refractivity contribution >= 4 is 24.0 Å². The van der Waals surface area contributed by atoms with Crippen molar-refractivity contribution in [2.45, 2.75) is 19.4 Å². The first-order valence-electron chi connectivity index (χ1n) is 5.79. The Balaban J connectivity index is 0.00000180. The van der Waals surface area contributed by atoms with Gasteiger partial charge in [0.1, 0.15) is 0 Å². The van der Waals surface area contributed by atoms with Crippen molar-refractivity contribution in [3.05, 3.63) is 39.4 Å². The van der Waals surface area contributed by atoms with Crippen LogP contribution in [0.15, 0.2) is 18.2 Å². The number of hydrogen-bond acceptors (Lipinski definition) is 4. The van der Waals surface area contributed by atoms with Gasteiger partial charge in [-0.15, -0.1) is 12.4 Å². The summed E-state index contributed by atoms with van der Waals surface area (Å²) in [4.78, 5) is 24.1. The maximum absolute atomic E-state index is 12.1. The van der Waals surface area contributed by atoms with E-state index >= 15 is 0 Å². The molecule has 0 radical (unpaired) electrons. The third-order valence-electron chi connectivity index (χ3n) is 3.15. The van der Waals surface area contributed by atoms with Crippen molar-refractivity contribution < 1.29 is 9.72 Å². The summed E-state index contributed by atoms with van der Waals surface area (Å²) in [5.74, 6) is -0.110. The van der Waals surface area contributed by atoms with E-state index in [0.717, 1.165) is 6.42 Å². The topological polar surface area (TPSA) is 89.5 Å². The van der Waals surface area contributed by atoms with Gasteiger partial charge in [-0.2, -0.15) is 0 Å². The summed E-state index contributed by atoms with van der Waals surface area (Å²) in [7, 11) is 0. The van der Waals surface area contributed by atoms with Crippen LogP contribution in [0.3, 0.4) is 0 Å². The number of likely N-dealkylation sites (tertiary alicyclic amines) is 1. The molecule has 1 fully saturated rings. The number of carbonyl (C=O) groups is 1. The minimum atomic E-state index is -0.449. The number of rotatable bonds is 2. The summed E-state index contributed by atoms with van der Waals surface area (Å²) < 4.78 is 0. The largest absolute Gasteiger partial charge is 0.337 e. The van der Waals surface area contributed by atoms with Gasteiger partial charge in [-0.3, -0.25) is 14.9 Å². The highest BCUT2D eigenvalue weighted by molar-refractivity contribution is 5.95. The maximum Gasteiger partial charge on any atom is 0.272 e. The van der Waals surface area contributed by atoms with Crippen LogP contribution in [-0.4, -0.2) is 34.9 Å². The molecule has 0 aromatic heterocycles. The van der Waals surface area contributed by atoms with Gasteiger partial charge in [-0.1, -0.05) is 0 Å². The van der Waals surface area contributed by atoms with E-state index < -0.39 is 4.92 Å². The van der Waals surface area contributed by atoms with Gasteiger partial charge in [-0.25, -0.2) is 0 Å². The fourth-order valence-electron chi connectivity index (χ4n) is 2.15. The van der Waals surface area contributed by atoms with E-state index in [2.05, 4.69) is 0 Å². The smallest absolute Gasteiger partial charge is 0.272 e. The van der Waals surface area contributed by atoms with Gasteiger partial charge in [0.05, 0.1) is 4.92 Å². The summed E-state index contributed by atoms with van der Waals surface area (Å²) in [6, 6.07) is 4.47. The molecule has 0 spiro atoms. The second kappa shape index (κ2) is 5.99. The number of carbonyl (C=O) groups excluding carboxylic acids is 1. The molecular formula is C12H16ClN3O3. The van der Waals surface area contributed by atoms with Crippen molar-refractivity contribution in [3.8, 4) is 0 Å². The number of aryl methyl sites for hydroxylation is 1. The second-order valence-electron chi connectivity index (χ2n) is 4.56. The zero-order valence-electron chi connectivity index (χ0n) is 10.5. The molecule has 104 valence electrons. The molecule has 19 heavy (non-hydrogen) atoms. The minimum Gasteiger partial charge on any atom is -0.337 e. The van der Waals surface area contributed by atoms with E-state index in [1.54, 1.807) is 17.9 Å². The highest BCUT2D eigenvalue weighted by atomic mass is 35.5. The highest BCUT2D eigenvalue weighted by Gasteiger charge is 2.25. The Hall–Kier alpha value is -1.66. The Morgan fingerprint density at radius 1 is 1.53 bits per heavy atom. The van der Waals surface area contributed by atoms with Gasteiger partial charge in [0.2, 0.25) is 0 Å². The molecule has 2 N–H and O–H groups in total. The standard InChI is InChI=1S/C12H15N3O3.ClH/c1-8-6-9(2-3-11(8)15(17)18)12(16)14-5-4-10(13)7-14;/h2-3,6,10H,4-5,7,13H2,1H3;1H/t10-;/m1./s1. The molecule has 1 amide bonds. The maximum atomic E-state index is 12.1. The van der Waals surface area contributed by atoms with Crippen LogP contribution in [0.25, 0.3) is 0 Å². The van der Waals surface area contributed by atoms with Crippen LogP contribution >= 0.6 is 12.4 Å². The molecule has 1 heterocycles.